The lowest BCUT2D eigenvalue weighted by Gasteiger charge is -2.09. The largest absolute Gasteiger partial charge is 0.481 e. The van der Waals surface area contributed by atoms with Crippen LogP contribution in [0.2, 0.25) is 0 Å². The second-order valence-electron chi connectivity index (χ2n) is 3.41. The van der Waals surface area contributed by atoms with E-state index in [1.54, 1.807) is 0 Å². The summed E-state index contributed by atoms with van der Waals surface area (Å²) in [5, 5.41) is 3.23. The highest BCUT2D eigenvalue weighted by Gasteiger charge is 2.06. The zero-order chi connectivity index (χ0) is 12.7. The Bertz CT molecular complexity index is 382. The molecule has 0 saturated heterocycles. The van der Waals surface area contributed by atoms with Crippen LogP contribution in [0.1, 0.15) is 12.5 Å². The first-order valence-corrected chi connectivity index (χ1v) is 6.15. The van der Waals surface area contributed by atoms with Crippen molar-refractivity contribution in [1.29, 1.82) is 0 Å². The van der Waals surface area contributed by atoms with Crippen molar-refractivity contribution in [2.45, 2.75) is 13.5 Å². The minimum Gasteiger partial charge on any atom is -0.481 e. The highest BCUT2D eigenvalue weighted by Crippen LogP contribution is 2.25. The van der Waals surface area contributed by atoms with E-state index in [0.29, 0.717) is 5.75 Å². The Kier molecular flexibility index (Phi) is 6.00. The number of ether oxygens (including phenoxy) is 2. The Morgan fingerprint density at radius 3 is 2.82 bits per heavy atom. The van der Waals surface area contributed by atoms with Gasteiger partial charge in [0, 0.05) is 6.54 Å². The molecule has 0 aromatic heterocycles. The molecule has 0 fully saturated rings. The van der Waals surface area contributed by atoms with Gasteiger partial charge in [-0.2, -0.15) is 0 Å². The van der Waals surface area contributed by atoms with E-state index >= 15 is 0 Å². The Morgan fingerprint density at radius 2 is 2.24 bits per heavy atom. The third kappa shape index (κ3) is 4.75. The SMILES string of the molecule is CCNCc1ccc(OCC(=O)OC)c(Br)c1. The lowest BCUT2D eigenvalue weighted by atomic mass is 10.2. The summed E-state index contributed by atoms with van der Waals surface area (Å²) in [7, 11) is 1.33. The topological polar surface area (TPSA) is 47.6 Å². The van der Waals surface area contributed by atoms with Crippen LogP contribution in [0, 0.1) is 0 Å². The first-order valence-electron chi connectivity index (χ1n) is 5.36. The highest BCUT2D eigenvalue weighted by atomic mass is 79.9. The molecular weight excluding hydrogens is 286 g/mol. The van der Waals surface area contributed by atoms with Crippen LogP contribution < -0.4 is 10.1 Å². The number of methoxy groups -OCH3 is 1. The molecule has 0 aliphatic carbocycles. The van der Waals surface area contributed by atoms with Gasteiger partial charge in [0.25, 0.3) is 0 Å². The van der Waals surface area contributed by atoms with Gasteiger partial charge in [-0.25, -0.2) is 4.79 Å². The van der Waals surface area contributed by atoms with Crippen LogP contribution in [0.15, 0.2) is 22.7 Å². The van der Waals surface area contributed by atoms with Crippen molar-refractivity contribution >= 4 is 21.9 Å². The van der Waals surface area contributed by atoms with E-state index in [1.807, 2.05) is 18.2 Å². The lowest BCUT2D eigenvalue weighted by Crippen LogP contribution is -2.13. The van der Waals surface area contributed by atoms with Crippen molar-refractivity contribution in [3.8, 4) is 5.75 Å². The summed E-state index contributed by atoms with van der Waals surface area (Å²) < 4.78 is 10.6. The standard InChI is InChI=1S/C12H16BrNO3/c1-3-14-7-9-4-5-11(10(13)6-9)17-8-12(15)16-2/h4-6,14H,3,7-8H2,1-2H3. The summed E-state index contributed by atoms with van der Waals surface area (Å²) in [6.45, 7) is 3.72. The molecule has 0 radical (unpaired) electrons. The molecule has 17 heavy (non-hydrogen) atoms. The summed E-state index contributed by atoms with van der Waals surface area (Å²) in [6.07, 6.45) is 0. The summed E-state index contributed by atoms with van der Waals surface area (Å²) in [4.78, 5) is 10.9. The number of esters is 1. The highest BCUT2D eigenvalue weighted by molar-refractivity contribution is 9.10. The maximum atomic E-state index is 10.9. The number of benzene rings is 1. The van der Waals surface area contributed by atoms with Crippen LogP contribution >= 0.6 is 15.9 Å². The zero-order valence-corrected chi connectivity index (χ0v) is 11.5. The Balaban J connectivity index is 2.59. The Hall–Kier alpha value is -1.07. The molecule has 0 spiro atoms. The number of hydrogen-bond donors (Lipinski definition) is 1. The van der Waals surface area contributed by atoms with Crippen LogP contribution in [0.4, 0.5) is 0 Å². The average Bonchev–Trinajstić information content (AvgIpc) is 2.34. The van der Waals surface area contributed by atoms with Crippen molar-refractivity contribution in [3.63, 3.8) is 0 Å². The van der Waals surface area contributed by atoms with E-state index in [1.165, 1.54) is 7.11 Å². The van der Waals surface area contributed by atoms with Gasteiger partial charge in [-0.1, -0.05) is 13.0 Å². The number of nitrogens with one attached hydrogen (secondary N) is 1. The summed E-state index contributed by atoms with van der Waals surface area (Å²) in [5.74, 6) is 0.240. The summed E-state index contributed by atoms with van der Waals surface area (Å²) in [6, 6.07) is 5.76. The minimum atomic E-state index is -0.395. The summed E-state index contributed by atoms with van der Waals surface area (Å²) in [5.41, 5.74) is 1.16. The molecule has 5 heteroatoms. The van der Waals surface area contributed by atoms with Crippen LogP contribution in [0.25, 0.3) is 0 Å². The Morgan fingerprint density at radius 1 is 1.47 bits per heavy atom. The molecule has 94 valence electrons. The van der Waals surface area contributed by atoms with E-state index in [9.17, 15) is 4.79 Å². The van der Waals surface area contributed by atoms with Gasteiger partial charge in [-0.15, -0.1) is 0 Å². The molecule has 0 atom stereocenters. The van der Waals surface area contributed by atoms with Gasteiger partial charge in [0.2, 0.25) is 0 Å². The fraction of sp³-hybridized carbons (Fsp3) is 0.417. The van der Waals surface area contributed by atoms with Gasteiger partial charge >= 0.3 is 5.97 Å². The zero-order valence-electron chi connectivity index (χ0n) is 9.96. The maximum Gasteiger partial charge on any atom is 0.343 e. The van der Waals surface area contributed by atoms with Gasteiger partial charge in [0.1, 0.15) is 5.75 Å². The molecule has 0 bridgehead atoms. The van der Waals surface area contributed by atoms with Crippen LogP contribution in [0.3, 0.4) is 0 Å². The van der Waals surface area contributed by atoms with E-state index in [-0.39, 0.29) is 6.61 Å². The molecule has 0 unspecified atom stereocenters. The second-order valence-corrected chi connectivity index (χ2v) is 4.26. The number of halogens is 1. The van der Waals surface area contributed by atoms with Crippen molar-refractivity contribution in [2.24, 2.45) is 0 Å². The first kappa shape index (κ1) is 14.0. The van der Waals surface area contributed by atoms with Gasteiger partial charge < -0.3 is 14.8 Å². The van der Waals surface area contributed by atoms with Crippen LogP contribution in [0.5, 0.6) is 5.75 Å². The molecule has 0 saturated carbocycles. The van der Waals surface area contributed by atoms with Gasteiger partial charge in [-0.05, 0) is 40.2 Å². The van der Waals surface area contributed by atoms with Crippen LogP contribution in [-0.2, 0) is 16.1 Å². The van der Waals surface area contributed by atoms with Crippen molar-refractivity contribution < 1.29 is 14.3 Å². The smallest absolute Gasteiger partial charge is 0.343 e. The van der Waals surface area contributed by atoms with Crippen molar-refractivity contribution in [2.75, 3.05) is 20.3 Å². The quantitative estimate of drug-likeness (QED) is 0.818. The number of rotatable bonds is 6. The summed E-state index contributed by atoms with van der Waals surface area (Å²) >= 11 is 3.41. The predicted octanol–water partition coefficient (Wildman–Crippen LogP) is 2.11. The number of carbonyl (C=O) groups excluding carboxylic acids is 1. The number of hydrogen-bond acceptors (Lipinski definition) is 4. The predicted molar refractivity (Wildman–Crippen MR) is 69.0 cm³/mol. The molecule has 0 aliphatic rings. The van der Waals surface area contributed by atoms with E-state index in [2.05, 4.69) is 32.9 Å². The third-order valence-corrected chi connectivity index (χ3v) is 2.77. The normalized spacial score (nSPS) is 10.1. The van der Waals surface area contributed by atoms with Crippen molar-refractivity contribution in [1.82, 2.24) is 5.32 Å². The van der Waals surface area contributed by atoms with E-state index in [0.717, 1.165) is 23.1 Å². The third-order valence-electron chi connectivity index (χ3n) is 2.15. The second kappa shape index (κ2) is 7.29. The molecule has 1 aromatic rings. The fourth-order valence-electron chi connectivity index (χ4n) is 1.24. The van der Waals surface area contributed by atoms with E-state index in [4.69, 9.17) is 4.74 Å². The van der Waals surface area contributed by atoms with Crippen molar-refractivity contribution in [3.05, 3.63) is 28.2 Å². The first-order chi connectivity index (χ1) is 8.17. The molecule has 1 aromatic carbocycles. The Labute approximate surface area is 109 Å². The average molecular weight is 302 g/mol. The molecule has 1 rings (SSSR count). The van der Waals surface area contributed by atoms with Gasteiger partial charge in [-0.3, -0.25) is 0 Å². The van der Waals surface area contributed by atoms with Crippen LogP contribution in [-0.4, -0.2) is 26.2 Å². The van der Waals surface area contributed by atoms with Gasteiger partial charge in [0.05, 0.1) is 11.6 Å². The molecular formula is C12H16BrNO3. The molecule has 0 aliphatic heterocycles. The molecule has 0 heterocycles. The monoisotopic (exact) mass is 301 g/mol. The number of carbonyl (C=O) groups is 1. The minimum absolute atomic E-state index is 0.0817. The lowest BCUT2D eigenvalue weighted by molar-refractivity contribution is -0.142. The maximum absolute atomic E-state index is 10.9. The fourth-order valence-corrected chi connectivity index (χ4v) is 1.78. The van der Waals surface area contributed by atoms with E-state index < -0.39 is 5.97 Å². The molecule has 1 N–H and O–H groups in total. The molecule has 0 amide bonds. The van der Waals surface area contributed by atoms with Gasteiger partial charge in [0.15, 0.2) is 6.61 Å². The molecule has 4 nitrogen and oxygen atoms in total.